The lowest BCUT2D eigenvalue weighted by molar-refractivity contribution is 0.531. The minimum absolute atomic E-state index is 0.387. The van der Waals surface area contributed by atoms with Crippen LogP contribution in [0.3, 0.4) is 0 Å². The van der Waals surface area contributed by atoms with Gasteiger partial charge in [-0.05, 0) is 32.9 Å². The van der Waals surface area contributed by atoms with Crippen LogP contribution in [-0.4, -0.2) is 26.1 Å². The van der Waals surface area contributed by atoms with Crippen LogP contribution in [0, 0.1) is 13.8 Å². The van der Waals surface area contributed by atoms with Crippen LogP contribution in [0.25, 0.3) is 0 Å². The quantitative estimate of drug-likeness (QED) is 0.880. The first-order valence-corrected chi connectivity index (χ1v) is 7.32. The van der Waals surface area contributed by atoms with Gasteiger partial charge in [0.2, 0.25) is 0 Å². The number of aryl methyl sites for hydroxylation is 2. The maximum absolute atomic E-state index is 4.69. The van der Waals surface area contributed by atoms with Crippen molar-refractivity contribution in [2.75, 3.05) is 6.54 Å². The summed E-state index contributed by atoms with van der Waals surface area (Å²) in [5.74, 6) is 0. The van der Waals surface area contributed by atoms with Gasteiger partial charge < -0.3 is 5.32 Å². The lowest BCUT2D eigenvalue weighted by Gasteiger charge is -2.16. The van der Waals surface area contributed by atoms with Crippen LogP contribution >= 0.6 is 0 Å². The van der Waals surface area contributed by atoms with Gasteiger partial charge in [-0.3, -0.25) is 9.36 Å². The molecule has 20 heavy (non-hydrogen) atoms. The van der Waals surface area contributed by atoms with Gasteiger partial charge in [-0.2, -0.15) is 10.2 Å². The Balaban J connectivity index is 2.28. The Kier molecular flexibility index (Phi) is 4.60. The zero-order chi connectivity index (χ0) is 14.7. The standard InChI is InChI=1S/C15H25N5/c1-6-14(16-7-2)15-11(3)17-20(12(15)4)10-13-8-9-19(5)18-13/h8-9,14,16H,6-7,10H2,1-5H3. The molecule has 0 saturated carbocycles. The summed E-state index contributed by atoms with van der Waals surface area (Å²) >= 11 is 0. The van der Waals surface area contributed by atoms with Crippen LogP contribution in [0.5, 0.6) is 0 Å². The molecular weight excluding hydrogens is 250 g/mol. The predicted molar refractivity (Wildman–Crippen MR) is 80.7 cm³/mol. The van der Waals surface area contributed by atoms with E-state index in [2.05, 4.69) is 42.8 Å². The van der Waals surface area contributed by atoms with E-state index in [-0.39, 0.29) is 0 Å². The SMILES string of the molecule is CCNC(CC)c1c(C)nn(Cc2ccn(C)n2)c1C. The lowest BCUT2D eigenvalue weighted by atomic mass is 10.0. The average molecular weight is 275 g/mol. The fourth-order valence-corrected chi connectivity index (χ4v) is 2.77. The minimum atomic E-state index is 0.387. The molecule has 0 aliphatic carbocycles. The summed E-state index contributed by atoms with van der Waals surface area (Å²) in [7, 11) is 1.94. The first kappa shape index (κ1) is 14.8. The largest absolute Gasteiger partial charge is 0.310 e. The van der Waals surface area contributed by atoms with E-state index >= 15 is 0 Å². The van der Waals surface area contributed by atoms with Crippen LogP contribution in [-0.2, 0) is 13.6 Å². The smallest absolute Gasteiger partial charge is 0.0853 e. The Bertz CT molecular complexity index is 567. The van der Waals surface area contributed by atoms with E-state index in [1.54, 1.807) is 0 Å². The molecule has 1 N–H and O–H groups in total. The van der Waals surface area contributed by atoms with Crippen LogP contribution in [0.15, 0.2) is 12.3 Å². The van der Waals surface area contributed by atoms with Crippen molar-refractivity contribution in [3.8, 4) is 0 Å². The summed E-state index contributed by atoms with van der Waals surface area (Å²) in [5, 5.41) is 12.7. The summed E-state index contributed by atoms with van der Waals surface area (Å²) in [6.45, 7) is 10.3. The van der Waals surface area contributed by atoms with E-state index in [1.807, 2.05) is 24.0 Å². The molecule has 2 heterocycles. The van der Waals surface area contributed by atoms with Crippen molar-refractivity contribution in [2.24, 2.45) is 7.05 Å². The molecule has 0 bridgehead atoms. The molecule has 5 nitrogen and oxygen atoms in total. The van der Waals surface area contributed by atoms with Crippen molar-refractivity contribution < 1.29 is 0 Å². The molecule has 1 atom stereocenters. The molecule has 1 unspecified atom stereocenters. The second-order valence-corrected chi connectivity index (χ2v) is 5.24. The molecule has 0 saturated heterocycles. The highest BCUT2D eigenvalue weighted by atomic mass is 15.3. The van der Waals surface area contributed by atoms with Gasteiger partial charge >= 0.3 is 0 Å². The molecule has 2 aromatic heterocycles. The third kappa shape index (κ3) is 2.93. The molecule has 0 spiro atoms. The Morgan fingerprint density at radius 2 is 2.00 bits per heavy atom. The van der Waals surface area contributed by atoms with Crippen molar-refractivity contribution in [3.05, 3.63) is 34.9 Å². The molecule has 0 aliphatic heterocycles. The van der Waals surface area contributed by atoms with Crippen LogP contribution in [0.4, 0.5) is 0 Å². The van der Waals surface area contributed by atoms with Gasteiger partial charge in [0.05, 0.1) is 17.9 Å². The number of nitrogens with one attached hydrogen (secondary N) is 1. The lowest BCUT2D eigenvalue weighted by Crippen LogP contribution is -2.21. The van der Waals surface area contributed by atoms with Gasteiger partial charge in [0, 0.05) is 30.5 Å². The summed E-state index contributed by atoms with van der Waals surface area (Å²) in [5.41, 5.74) is 4.73. The number of hydrogen-bond acceptors (Lipinski definition) is 3. The van der Waals surface area contributed by atoms with E-state index in [0.29, 0.717) is 6.04 Å². The highest BCUT2D eigenvalue weighted by molar-refractivity contribution is 5.28. The predicted octanol–water partition coefficient (Wildman–Crippen LogP) is 2.34. The average Bonchev–Trinajstić information content (AvgIpc) is 2.93. The topological polar surface area (TPSA) is 47.7 Å². The minimum Gasteiger partial charge on any atom is -0.310 e. The van der Waals surface area contributed by atoms with E-state index in [4.69, 9.17) is 5.10 Å². The molecule has 0 amide bonds. The van der Waals surface area contributed by atoms with Crippen LogP contribution in [0.2, 0.25) is 0 Å². The van der Waals surface area contributed by atoms with Crippen molar-refractivity contribution >= 4 is 0 Å². The van der Waals surface area contributed by atoms with E-state index in [0.717, 1.165) is 30.9 Å². The molecular formula is C15H25N5. The summed E-state index contributed by atoms with van der Waals surface area (Å²) in [4.78, 5) is 0. The first-order chi connectivity index (χ1) is 9.56. The number of aromatic nitrogens is 4. The van der Waals surface area contributed by atoms with Crippen LogP contribution in [0.1, 0.15) is 49.0 Å². The second kappa shape index (κ2) is 6.22. The van der Waals surface area contributed by atoms with E-state index < -0.39 is 0 Å². The molecule has 2 rings (SSSR count). The van der Waals surface area contributed by atoms with Gasteiger partial charge in [0.25, 0.3) is 0 Å². The van der Waals surface area contributed by atoms with Crippen LogP contribution < -0.4 is 5.32 Å². The molecule has 0 aromatic carbocycles. The van der Waals surface area contributed by atoms with Gasteiger partial charge in [-0.1, -0.05) is 13.8 Å². The van der Waals surface area contributed by atoms with Crippen molar-refractivity contribution in [1.29, 1.82) is 0 Å². The number of nitrogens with zero attached hydrogens (tertiary/aromatic N) is 4. The Labute approximate surface area is 121 Å². The van der Waals surface area contributed by atoms with Gasteiger partial charge in [0.15, 0.2) is 0 Å². The number of rotatable bonds is 6. The summed E-state index contributed by atoms with van der Waals surface area (Å²) < 4.78 is 3.89. The fourth-order valence-electron chi connectivity index (χ4n) is 2.77. The zero-order valence-electron chi connectivity index (χ0n) is 13.1. The van der Waals surface area contributed by atoms with Crippen molar-refractivity contribution in [2.45, 2.75) is 46.7 Å². The second-order valence-electron chi connectivity index (χ2n) is 5.24. The highest BCUT2D eigenvalue weighted by Crippen LogP contribution is 2.24. The first-order valence-electron chi connectivity index (χ1n) is 7.32. The molecule has 0 aliphatic rings. The molecule has 110 valence electrons. The molecule has 2 aromatic rings. The monoisotopic (exact) mass is 275 g/mol. The van der Waals surface area contributed by atoms with Gasteiger partial charge in [-0.15, -0.1) is 0 Å². The Morgan fingerprint density at radius 3 is 2.55 bits per heavy atom. The zero-order valence-corrected chi connectivity index (χ0v) is 13.1. The third-order valence-corrected chi connectivity index (χ3v) is 3.73. The maximum Gasteiger partial charge on any atom is 0.0853 e. The fraction of sp³-hybridized carbons (Fsp3) is 0.600. The third-order valence-electron chi connectivity index (χ3n) is 3.73. The molecule has 0 fully saturated rings. The number of hydrogen-bond donors (Lipinski definition) is 1. The highest BCUT2D eigenvalue weighted by Gasteiger charge is 2.19. The Morgan fingerprint density at radius 1 is 1.25 bits per heavy atom. The van der Waals surface area contributed by atoms with Crippen molar-refractivity contribution in [3.63, 3.8) is 0 Å². The van der Waals surface area contributed by atoms with Crippen molar-refractivity contribution in [1.82, 2.24) is 24.9 Å². The molecule has 5 heteroatoms. The Hall–Kier alpha value is -1.62. The summed E-state index contributed by atoms with van der Waals surface area (Å²) in [6, 6.07) is 2.43. The normalized spacial score (nSPS) is 12.8. The van der Waals surface area contributed by atoms with Gasteiger partial charge in [-0.25, -0.2) is 0 Å². The maximum atomic E-state index is 4.69. The molecule has 0 radical (unpaired) electrons. The van der Waals surface area contributed by atoms with E-state index in [9.17, 15) is 0 Å². The van der Waals surface area contributed by atoms with Gasteiger partial charge in [0.1, 0.15) is 0 Å². The summed E-state index contributed by atoms with van der Waals surface area (Å²) in [6.07, 6.45) is 3.04. The van der Waals surface area contributed by atoms with E-state index in [1.165, 1.54) is 11.3 Å².